The van der Waals surface area contributed by atoms with Crippen molar-refractivity contribution in [2.75, 3.05) is 0 Å². The molecule has 2 aliphatic carbocycles. The van der Waals surface area contributed by atoms with Crippen LogP contribution in [-0.4, -0.2) is 48.6 Å². The van der Waals surface area contributed by atoms with Crippen molar-refractivity contribution >= 4 is 22.8 Å². The van der Waals surface area contributed by atoms with Crippen molar-refractivity contribution in [3.63, 3.8) is 0 Å². The molecule has 2 aromatic heterocycles. The van der Waals surface area contributed by atoms with E-state index in [2.05, 4.69) is 30.7 Å². The molecule has 0 spiro atoms. The molecule has 2 amide bonds. The molecule has 218 valence electrons. The fourth-order valence-corrected chi connectivity index (χ4v) is 4.21. The second-order valence-electron chi connectivity index (χ2n) is 10.3. The summed E-state index contributed by atoms with van der Waals surface area (Å²) in [7, 11) is 0. The molecule has 14 heteroatoms. The third-order valence-corrected chi connectivity index (χ3v) is 6.60. The Morgan fingerprint density at radius 3 is 2.48 bits per heavy atom. The number of carbonyl (C=O) groups excluding carboxylic acids is 2. The van der Waals surface area contributed by atoms with Gasteiger partial charge in [-0.3, -0.25) is 14.3 Å². The number of nitrogens with zero attached hydrogens (tertiary/aromatic N) is 4. The van der Waals surface area contributed by atoms with Crippen molar-refractivity contribution in [2.45, 2.75) is 89.5 Å². The molecule has 2 heterocycles. The van der Waals surface area contributed by atoms with E-state index in [-0.39, 0.29) is 31.8 Å². The summed E-state index contributed by atoms with van der Waals surface area (Å²) >= 11 is 0. The molecule has 3 N–H and O–H groups in total. The average Bonchev–Trinajstić information content (AvgIpc) is 3.42. The van der Waals surface area contributed by atoms with Crippen LogP contribution in [0, 0.1) is 5.92 Å². The summed E-state index contributed by atoms with van der Waals surface area (Å²) in [5, 5.41) is 9.38. The fourth-order valence-electron chi connectivity index (χ4n) is 4.21. The van der Waals surface area contributed by atoms with E-state index in [4.69, 9.17) is 0 Å². The first kappa shape index (κ1) is 29.4. The highest BCUT2D eigenvalue weighted by Crippen LogP contribution is 2.32. The maximum atomic E-state index is 12.3. The molecule has 9 nitrogen and oxygen atoms in total. The van der Waals surface area contributed by atoms with Gasteiger partial charge in [-0.1, -0.05) is 12.5 Å². The monoisotopic (exact) mass is 569 g/mol. The van der Waals surface area contributed by atoms with Gasteiger partial charge in [-0.25, -0.2) is 18.7 Å². The Bertz CT molecular complexity index is 1290. The SMILES string of the molecule is FC1(F)CCCCC1.O=C(CCC(F)(F)F)NCc1ccc2nc(CNC(=O)c3ncn(CC4CC4)n3)[nH]c2c1. The quantitative estimate of drug-likeness (QED) is 0.312. The Kier molecular flexibility index (Phi) is 9.36. The first-order valence-corrected chi connectivity index (χ1v) is 13.3. The highest BCUT2D eigenvalue weighted by atomic mass is 19.4. The third-order valence-electron chi connectivity index (χ3n) is 6.60. The molecule has 2 aliphatic rings. The van der Waals surface area contributed by atoms with Gasteiger partial charge in [-0.2, -0.15) is 13.2 Å². The van der Waals surface area contributed by atoms with Gasteiger partial charge in [0.2, 0.25) is 17.7 Å². The highest BCUT2D eigenvalue weighted by Gasteiger charge is 2.30. The average molecular weight is 570 g/mol. The molecule has 3 aromatic rings. The summed E-state index contributed by atoms with van der Waals surface area (Å²) in [5.41, 5.74) is 2.05. The normalized spacial score (nSPS) is 16.7. The predicted molar refractivity (Wildman–Crippen MR) is 135 cm³/mol. The van der Waals surface area contributed by atoms with Crippen LogP contribution in [0.25, 0.3) is 11.0 Å². The summed E-state index contributed by atoms with van der Waals surface area (Å²) in [6, 6.07) is 5.21. The van der Waals surface area contributed by atoms with Crippen molar-refractivity contribution in [1.82, 2.24) is 35.4 Å². The predicted octanol–water partition coefficient (Wildman–Crippen LogP) is 5.04. The van der Waals surface area contributed by atoms with E-state index in [9.17, 15) is 31.5 Å². The maximum absolute atomic E-state index is 12.3. The van der Waals surface area contributed by atoms with Crippen LogP contribution in [0.5, 0.6) is 0 Å². The zero-order chi connectivity index (χ0) is 28.8. The Morgan fingerprint density at radius 2 is 1.82 bits per heavy atom. The Morgan fingerprint density at radius 1 is 1.07 bits per heavy atom. The minimum absolute atomic E-state index is 0.102. The number of rotatable bonds is 9. The van der Waals surface area contributed by atoms with E-state index in [1.165, 1.54) is 12.8 Å². The van der Waals surface area contributed by atoms with E-state index in [1.807, 2.05) is 0 Å². The van der Waals surface area contributed by atoms with E-state index >= 15 is 0 Å². The molecule has 0 saturated heterocycles. The van der Waals surface area contributed by atoms with Crippen LogP contribution in [0.2, 0.25) is 0 Å². The topological polar surface area (TPSA) is 118 Å². The molecule has 40 heavy (non-hydrogen) atoms. The number of amides is 2. The highest BCUT2D eigenvalue weighted by molar-refractivity contribution is 5.90. The van der Waals surface area contributed by atoms with E-state index < -0.39 is 36.8 Å². The van der Waals surface area contributed by atoms with Crippen molar-refractivity contribution in [3.8, 4) is 0 Å². The summed E-state index contributed by atoms with van der Waals surface area (Å²) in [6.07, 6.45) is 0.467. The summed E-state index contributed by atoms with van der Waals surface area (Å²) in [4.78, 5) is 35.3. The second-order valence-corrected chi connectivity index (χ2v) is 10.3. The number of halogens is 5. The number of aromatic amines is 1. The number of nitrogens with one attached hydrogen (secondary N) is 3. The van der Waals surface area contributed by atoms with Gasteiger partial charge in [-0.15, -0.1) is 5.10 Å². The lowest BCUT2D eigenvalue weighted by atomic mass is 9.97. The lowest BCUT2D eigenvalue weighted by Crippen LogP contribution is -2.24. The lowest BCUT2D eigenvalue weighted by molar-refractivity contribution is -0.144. The molecule has 0 bridgehead atoms. The van der Waals surface area contributed by atoms with Gasteiger partial charge in [0, 0.05) is 32.4 Å². The van der Waals surface area contributed by atoms with Gasteiger partial charge in [0.15, 0.2) is 0 Å². The Labute approximate surface area is 227 Å². The molecule has 0 unspecified atom stereocenters. The molecule has 0 atom stereocenters. The molecule has 0 aliphatic heterocycles. The van der Waals surface area contributed by atoms with Gasteiger partial charge in [0.05, 0.1) is 24.0 Å². The van der Waals surface area contributed by atoms with E-state index in [1.54, 1.807) is 29.2 Å². The van der Waals surface area contributed by atoms with Gasteiger partial charge < -0.3 is 15.6 Å². The van der Waals surface area contributed by atoms with Crippen molar-refractivity contribution in [1.29, 1.82) is 0 Å². The third kappa shape index (κ3) is 9.56. The molecule has 0 radical (unpaired) electrons. The minimum atomic E-state index is -4.36. The minimum Gasteiger partial charge on any atom is -0.352 e. The molecule has 5 rings (SSSR count). The van der Waals surface area contributed by atoms with Crippen molar-refractivity contribution in [3.05, 3.63) is 41.7 Å². The number of fused-ring (bicyclic) bond motifs is 1. The second kappa shape index (κ2) is 12.7. The zero-order valence-electron chi connectivity index (χ0n) is 21.9. The summed E-state index contributed by atoms with van der Waals surface area (Å²) in [6.45, 7) is 1.02. The smallest absolute Gasteiger partial charge is 0.352 e. The van der Waals surface area contributed by atoms with Crippen LogP contribution in [0.4, 0.5) is 22.0 Å². The Hall–Kier alpha value is -3.58. The van der Waals surface area contributed by atoms with Crippen LogP contribution < -0.4 is 10.6 Å². The Balaban J connectivity index is 0.000000398. The number of hydrogen-bond acceptors (Lipinski definition) is 5. The first-order chi connectivity index (χ1) is 19.0. The van der Waals surface area contributed by atoms with Gasteiger partial charge in [0.25, 0.3) is 5.91 Å². The first-order valence-electron chi connectivity index (χ1n) is 13.3. The van der Waals surface area contributed by atoms with E-state index in [0.717, 1.165) is 13.0 Å². The van der Waals surface area contributed by atoms with Crippen LogP contribution >= 0.6 is 0 Å². The van der Waals surface area contributed by atoms with Gasteiger partial charge >= 0.3 is 6.18 Å². The molecular formula is C26H32F5N7O2. The number of benzene rings is 1. The van der Waals surface area contributed by atoms with Crippen molar-refractivity contribution in [2.24, 2.45) is 5.92 Å². The van der Waals surface area contributed by atoms with Gasteiger partial charge in [-0.05, 0) is 49.3 Å². The number of carbonyl (C=O) groups is 2. The van der Waals surface area contributed by atoms with Crippen molar-refractivity contribution < 1.29 is 31.5 Å². The number of aromatic nitrogens is 5. The summed E-state index contributed by atoms with van der Waals surface area (Å²) in [5.74, 6) is -2.13. The fraction of sp³-hybridized carbons (Fsp3) is 0.577. The lowest BCUT2D eigenvalue weighted by Gasteiger charge is -2.20. The largest absolute Gasteiger partial charge is 0.389 e. The maximum Gasteiger partial charge on any atom is 0.389 e. The number of alkyl halides is 5. The molecular weight excluding hydrogens is 537 g/mol. The van der Waals surface area contributed by atoms with Crippen LogP contribution in [-0.2, 0) is 24.4 Å². The standard InChI is InChI=1S/C20H22F3N7O2.C6H10F2/c21-20(22,23)6-5-17(31)24-8-13-3-4-14-15(7-13)28-16(27-14)9-25-19(32)18-26-11-30(29-18)10-12-1-2-12;7-6(8)4-2-1-3-5-6/h3-4,7,11-12H,1-2,5-6,8-10H2,(H,24,31)(H,25,32)(H,27,28);1-5H2. The van der Waals surface area contributed by atoms with Crippen LogP contribution in [0.3, 0.4) is 0 Å². The van der Waals surface area contributed by atoms with E-state index in [0.29, 0.717) is 41.2 Å². The molecule has 2 fully saturated rings. The van der Waals surface area contributed by atoms with Crippen LogP contribution in [0.1, 0.15) is 79.8 Å². The number of H-pyrrole nitrogens is 1. The zero-order valence-corrected chi connectivity index (χ0v) is 21.9. The molecule has 2 saturated carbocycles. The molecule has 1 aromatic carbocycles. The number of imidazole rings is 1. The van der Waals surface area contributed by atoms with Crippen LogP contribution in [0.15, 0.2) is 24.5 Å². The summed E-state index contributed by atoms with van der Waals surface area (Å²) < 4.78 is 62.7. The number of hydrogen-bond donors (Lipinski definition) is 3. The van der Waals surface area contributed by atoms with Gasteiger partial charge in [0.1, 0.15) is 12.2 Å².